The number of carbonyl (C=O) groups is 2. The van der Waals surface area contributed by atoms with Crippen molar-refractivity contribution in [2.24, 2.45) is 0 Å². The minimum absolute atomic E-state index is 0.00166. The monoisotopic (exact) mass is 916 g/mol. The molecule has 0 aliphatic rings. The lowest BCUT2D eigenvalue weighted by Crippen LogP contribution is -2.45. The molecule has 0 aromatic carbocycles. The number of unbranched alkanes of at least 4 members (excludes halogenated alkanes) is 41. The molecule has 0 radical (unpaired) electrons. The van der Waals surface area contributed by atoms with E-state index < -0.39 is 12.1 Å². The van der Waals surface area contributed by atoms with E-state index in [1.165, 1.54) is 231 Å². The van der Waals surface area contributed by atoms with Crippen LogP contribution in [0, 0.1) is 0 Å². The van der Waals surface area contributed by atoms with Gasteiger partial charge in [-0.15, -0.1) is 0 Å². The third-order valence-electron chi connectivity index (χ3n) is 13.5. The van der Waals surface area contributed by atoms with Crippen LogP contribution in [0.4, 0.5) is 0 Å². The summed E-state index contributed by atoms with van der Waals surface area (Å²) in [6, 6.07) is -0.636. The summed E-state index contributed by atoms with van der Waals surface area (Å²) in [5.74, 6) is -0.0779. The topological polar surface area (TPSA) is 95.9 Å². The number of aliphatic hydroxyl groups excluding tert-OH is 2. The van der Waals surface area contributed by atoms with E-state index in [-0.39, 0.29) is 18.5 Å². The zero-order valence-corrected chi connectivity index (χ0v) is 43.7. The van der Waals surface area contributed by atoms with Crippen LogP contribution in [-0.2, 0) is 14.3 Å². The maximum Gasteiger partial charge on any atom is 0.305 e. The Morgan fingerprint density at radius 2 is 0.723 bits per heavy atom. The number of rotatable bonds is 54. The highest BCUT2D eigenvalue weighted by molar-refractivity contribution is 5.76. The summed E-state index contributed by atoms with van der Waals surface area (Å²) in [6.07, 6.45) is 66.3. The zero-order chi connectivity index (χ0) is 47.2. The predicted octanol–water partition coefficient (Wildman–Crippen LogP) is 17.9. The Kier molecular flexibility index (Phi) is 53.5. The van der Waals surface area contributed by atoms with Gasteiger partial charge in [0.2, 0.25) is 5.91 Å². The van der Waals surface area contributed by atoms with E-state index >= 15 is 0 Å². The first kappa shape index (κ1) is 63.3. The van der Waals surface area contributed by atoms with Gasteiger partial charge in [-0.1, -0.05) is 269 Å². The molecule has 6 heteroatoms. The summed E-state index contributed by atoms with van der Waals surface area (Å²) in [7, 11) is 0. The van der Waals surface area contributed by atoms with E-state index in [4.69, 9.17) is 4.74 Å². The Bertz CT molecular complexity index is 1010. The quantitative estimate of drug-likeness (QED) is 0.0321. The summed E-state index contributed by atoms with van der Waals surface area (Å²) in [5, 5.41) is 23.0. The van der Waals surface area contributed by atoms with Crippen molar-refractivity contribution in [2.75, 3.05) is 13.2 Å². The van der Waals surface area contributed by atoms with Crippen LogP contribution < -0.4 is 5.32 Å². The van der Waals surface area contributed by atoms with Crippen LogP contribution in [0.1, 0.15) is 316 Å². The number of hydrogen-bond donors (Lipinski definition) is 3. The number of aliphatic hydroxyl groups is 2. The molecule has 1 amide bonds. The summed E-state index contributed by atoms with van der Waals surface area (Å²) in [6.45, 7) is 4.89. The summed E-state index contributed by atoms with van der Waals surface area (Å²) in [5.41, 5.74) is 0. The van der Waals surface area contributed by atoms with Crippen molar-refractivity contribution in [2.45, 2.75) is 328 Å². The number of allylic oxidation sites excluding steroid dienone is 3. The fourth-order valence-electron chi connectivity index (χ4n) is 8.98. The number of carbonyl (C=O) groups excluding carboxylic acids is 2. The molecule has 0 aromatic rings. The van der Waals surface area contributed by atoms with Gasteiger partial charge in [-0.3, -0.25) is 9.59 Å². The van der Waals surface area contributed by atoms with Crippen molar-refractivity contribution in [1.29, 1.82) is 0 Å². The van der Waals surface area contributed by atoms with Crippen LogP contribution >= 0.6 is 0 Å². The molecule has 0 aromatic heterocycles. The van der Waals surface area contributed by atoms with Crippen molar-refractivity contribution in [1.82, 2.24) is 5.32 Å². The number of hydrogen-bond acceptors (Lipinski definition) is 5. The van der Waals surface area contributed by atoms with Crippen LogP contribution in [0.2, 0.25) is 0 Å². The summed E-state index contributed by atoms with van der Waals surface area (Å²) >= 11 is 0. The van der Waals surface area contributed by atoms with Gasteiger partial charge in [0.25, 0.3) is 0 Å². The van der Waals surface area contributed by atoms with Crippen LogP contribution in [0.25, 0.3) is 0 Å². The van der Waals surface area contributed by atoms with Gasteiger partial charge in [0.15, 0.2) is 0 Å². The second-order valence-corrected chi connectivity index (χ2v) is 20.0. The van der Waals surface area contributed by atoms with Crippen molar-refractivity contribution >= 4 is 11.9 Å². The maximum absolute atomic E-state index is 12.4. The fourth-order valence-corrected chi connectivity index (χ4v) is 8.98. The van der Waals surface area contributed by atoms with Crippen LogP contribution in [0.5, 0.6) is 0 Å². The highest BCUT2D eigenvalue weighted by Crippen LogP contribution is 2.17. The number of amides is 1. The molecule has 0 spiro atoms. The van der Waals surface area contributed by atoms with Gasteiger partial charge < -0.3 is 20.3 Å². The average molecular weight is 917 g/mol. The molecule has 0 heterocycles. The SMILES string of the molecule is CCCCCCCCCCCCC/C=C/C(O)C(CO)NC(=O)CCCCCCCCC/C=C\CCCCCCCCOC(=O)CCCCCCCCCCCCCCCCCCCC. The van der Waals surface area contributed by atoms with Gasteiger partial charge in [-0.05, 0) is 57.8 Å². The van der Waals surface area contributed by atoms with Crippen molar-refractivity contribution in [3.63, 3.8) is 0 Å². The molecule has 6 nitrogen and oxygen atoms in total. The molecule has 0 fully saturated rings. The van der Waals surface area contributed by atoms with Crippen molar-refractivity contribution < 1.29 is 24.5 Å². The lowest BCUT2D eigenvalue weighted by molar-refractivity contribution is -0.143. The van der Waals surface area contributed by atoms with Gasteiger partial charge in [-0.25, -0.2) is 0 Å². The van der Waals surface area contributed by atoms with Crippen LogP contribution in [-0.4, -0.2) is 47.4 Å². The van der Waals surface area contributed by atoms with E-state index in [0.717, 1.165) is 57.8 Å². The Morgan fingerprint density at radius 1 is 0.415 bits per heavy atom. The van der Waals surface area contributed by atoms with E-state index in [1.807, 2.05) is 6.08 Å². The third-order valence-corrected chi connectivity index (χ3v) is 13.5. The Hall–Kier alpha value is -1.66. The number of esters is 1. The minimum Gasteiger partial charge on any atom is -0.466 e. The zero-order valence-electron chi connectivity index (χ0n) is 43.7. The molecule has 0 bridgehead atoms. The smallest absolute Gasteiger partial charge is 0.305 e. The second kappa shape index (κ2) is 54.9. The molecular weight excluding hydrogens is 803 g/mol. The number of ether oxygens (including phenoxy) is 1. The predicted molar refractivity (Wildman–Crippen MR) is 283 cm³/mol. The summed E-state index contributed by atoms with van der Waals surface area (Å²) < 4.78 is 5.48. The van der Waals surface area contributed by atoms with E-state index in [2.05, 4.69) is 31.3 Å². The first-order valence-electron chi connectivity index (χ1n) is 29.1. The van der Waals surface area contributed by atoms with Gasteiger partial charge in [0, 0.05) is 12.8 Å². The lowest BCUT2D eigenvalue weighted by Gasteiger charge is -2.20. The van der Waals surface area contributed by atoms with Gasteiger partial charge in [0.05, 0.1) is 25.4 Å². The Morgan fingerprint density at radius 3 is 1.09 bits per heavy atom. The Labute approximate surface area is 405 Å². The molecule has 3 N–H and O–H groups in total. The average Bonchev–Trinajstić information content (AvgIpc) is 3.31. The van der Waals surface area contributed by atoms with Gasteiger partial charge in [-0.2, -0.15) is 0 Å². The molecule has 0 aliphatic heterocycles. The van der Waals surface area contributed by atoms with Crippen LogP contribution in [0.3, 0.4) is 0 Å². The summed E-state index contributed by atoms with van der Waals surface area (Å²) in [4.78, 5) is 24.5. The lowest BCUT2D eigenvalue weighted by atomic mass is 10.0. The van der Waals surface area contributed by atoms with Crippen LogP contribution in [0.15, 0.2) is 24.3 Å². The van der Waals surface area contributed by atoms with E-state index in [9.17, 15) is 19.8 Å². The molecule has 384 valence electrons. The van der Waals surface area contributed by atoms with E-state index in [0.29, 0.717) is 19.4 Å². The molecule has 0 rings (SSSR count). The van der Waals surface area contributed by atoms with E-state index in [1.54, 1.807) is 6.08 Å². The first-order valence-corrected chi connectivity index (χ1v) is 29.1. The van der Waals surface area contributed by atoms with Gasteiger partial charge in [0.1, 0.15) is 0 Å². The maximum atomic E-state index is 12.4. The molecule has 2 unspecified atom stereocenters. The minimum atomic E-state index is -0.851. The molecule has 2 atom stereocenters. The molecule has 0 saturated heterocycles. The highest BCUT2D eigenvalue weighted by atomic mass is 16.5. The standard InChI is InChI=1S/C59H113NO5/c1-3-5-7-9-11-13-15-17-18-19-22-25-29-33-37-41-45-49-53-59(64)65-54-50-46-42-38-34-30-26-23-20-21-24-28-32-36-40-44-48-52-58(63)60-56(55-61)57(62)51-47-43-39-35-31-27-16-14-12-10-8-6-4-2/h20,23,47,51,56-57,61-62H,3-19,21-22,24-46,48-50,52-55H2,1-2H3,(H,60,63)/b23-20-,51-47+. The molecule has 0 aliphatic carbocycles. The third kappa shape index (κ3) is 51.6. The molecular formula is C59H113NO5. The first-order chi connectivity index (χ1) is 32.0. The van der Waals surface area contributed by atoms with Gasteiger partial charge >= 0.3 is 5.97 Å². The number of nitrogens with one attached hydrogen (secondary N) is 1. The molecule has 0 saturated carbocycles. The Balaban J connectivity index is 3.44. The second-order valence-electron chi connectivity index (χ2n) is 20.0. The highest BCUT2D eigenvalue weighted by Gasteiger charge is 2.18. The van der Waals surface area contributed by atoms with Crippen molar-refractivity contribution in [3.05, 3.63) is 24.3 Å². The van der Waals surface area contributed by atoms with Crippen molar-refractivity contribution in [3.8, 4) is 0 Å². The fraction of sp³-hybridized carbons (Fsp3) is 0.898. The normalized spacial score (nSPS) is 12.7. The molecule has 65 heavy (non-hydrogen) atoms. The largest absolute Gasteiger partial charge is 0.466 e.